The molecule has 0 unspecified atom stereocenters. The molecular formula is C19H15BrN2O5S2. The van der Waals surface area contributed by atoms with Crippen LogP contribution in [0.3, 0.4) is 0 Å². The van der Waals surface area contributed by atoms with Crippen molar-refractivity contribution in [2.75, 3.05) is 0 Å². The van der Waals surface area contributed by atoms with Crippen molar-refractivity contribution < 1.29 is 22.2 Å². The van der Waals surface area contributed by atoms with Crippen LogP contribution in [-0.4, -0.2) is 25.4 Å². The van der Waals surface area contributed by atoms with Crippen molar-refractivity contribution in [2.45, 2.75) is 18.7 Å². The molecule has 10 heteroatoms. The Kier molecular flexibility index (Phi) is 6.25. The van der Waals surface area contributed by atoms with Gasteiger partial charge in [-0.25, -0.2) is 0 Å². The summed E-state index contributed by atoms with van der Waals surface area (Å²) in [7, 11) is -3.98. The predicted octanol–water partition coefficient (Wildman–Crippen LogP) is 3.63. The Balaban J connectivity index is 1.78. The molecule has 0 spiro atoms. The largest absolute Gasteiger partial charge is 0.378 e. The minimum Gasteiger partial charge on any atom is -0.378 e. The number of rotatable bonds is 4. The zero-order valence-electron chi connectivity index (χ0n) is 15.3. The Morgan fingerprint density at radius 3 is 2.52 bits per heavy atom. The number of hydrogen-bond acceptors (Lipinski definition) is 6. The Morgan fingerprint density at radius 2 is 1.90 bits per heavy atom. The van der Waals surface area contributed by atoms with Crippen molar-refractivity contribution in [3.63, 3.8) is 0 Å². The summed E-state index contributed by atoms with van der Waals surface area (Å²) in [6.45, 7) is 3.19. The second-order valence-corrected chi connectivity index (χ2v) is 9.49. The van der Waals surface area contributed by atoms with E-state index < -0.39 is 16.0 Å². The van der Waals surface area contributed by atoms with Gasteiger partial charge in [-0.2, -0.15) is 13.4 Å². The van der Waals surface area contributed by atoms with Gasteiger partial charge in [-0.05, 0) is 70.5 Å². The number of aryl methyl sites for hydroxylation is 1. The number of carbonyl (C=O) groups excluding carboxylic acids is 2. The van der Waals surface area contributed by atoms with Gasteiger partial charge in [0, 0.05) is 6.92 Å². The quantitative estimate of drug-likeness (QED) is 0.514. The van der Waals surface area contributed by atoms with Crippen LogP contribution in [0.4, 0.5) is 0 Å². The van der Waals surface area contributed by atoms with Crippen molar-refractivity contribution in [1.82, 2.24) is 5.32 Å². The third-order valence-electron chi connectivity index (χ3n) is 3.67. The number of amides is 2. The first-order valence-electron chi connectivity index (χ1n) is 8.25. The minimum atomic E-state index is -3.98. The van der Waals surface area contributed by atoms with E-state index in [1.165, 1.54) is 25.1 Å². The van der Waals surface area contributed by atoms with Crippen LogP contribution in [0.1, 0.15) is 18.1 Å². The van der Waals surface area contributed by atoms with E-state index in [1.807, 2.05) is 6.92 Å². The maximum absolute atomic E-state index is 12.4. The lowest BCUT2D eigenvalue weighted by molar-refractivity contribution is -0.117. The van der Waals surface area contributed by atoms with Gasteiger partial charge < -0.3 is 9.50 Å². The molecule has 1 aliphatic heterocycles. The summed E-state index contributed by atoms with van der Waals surface area (Å²) < 4.78 is 30.5. The summed E-state index contributed by atoms with van der Waals surface area (Å²) in [5, 5.41) is 2.69. The van der Waals surface area contributed by atoms with E-state index >= 15 is 0 Å². The topological polar surface area (TPSA) is 102 Å². The zero-order valence-corrected chi connectivity index (χ0v) is 18.5. The number of hydrogen-bond donors (Lipinski definition) is 1. The molecule has 0 saturated carbocycles. The molecule has 150 valence electrons. The van der Waals surface area contributed by atoms with Gasteiger partial charge in [0.15, 0.2) is 10.9 Å². The molecular weight excluding hydrogens is 480 g/mol. The molecule has 2 aromatic carbocycles. The molecule has 1 heterocycles. The van der Waals surface area contributed by atoms with Crippen LogP contribution >= 0.6 is 27.7 Å². The lowest BCUT2D eigenvalue weighted by Crippen LogP contribution is -2.23. The number of carbonyl (C=O) groups is 2. The van der Waals surface area contributed by atoms with Gasteiger partial charge in [0.25, 0.3) is 5.91 Å². The fourth-order valence-electron chi connectivity index (χ4n) is 2.31. The monoisotopic (exact) mass is 494 g/mol. The van der Waals surface area contributed by atoms with E-state index in [4.69, 9.17) is 4.18 Å². The van der Waals surface area contributed by atoms with Gasteiger partial charge in [0.05, 0.1) is 9.38 Å². The van der Waals surface area contributed by atoms with Gasteiger partial charge >= 0.3 is 10.1 Å². The van der Waals surface area contributed by atoms with Gasteiger partial charge in [-0.15, -0.1) is 0 Å². The molecule has 0 aliphatic carbocycles. The van der Waals surface area contributed by atoms with Crippen LogP contribution in [0.2, 0.25) is 0 Å². The molecule has 0 radical (unpaired) electrons. The van der Waals surface area contributed by atoms with Crippen LogP contribution in [0.5, 0.6) is 5.75 Å². The molecule has 2 aromatic rings. The molecule has 3 rings (SSSR count). The van der Waals surface area contributed by atoms with Crippen LogP contribution in [0, 0.1) is 6.92 Å². The number of thioether (sulfide) groups is 1. The second-order valence-electron chi connectivity index (χ2n) is 6.05. The van der Waals surface area contributed by atoms with E-state index in [0.29, 0.717) is 14.9 Å². The van der Waals surface area contributed by atoms with Crippen molar-refractivity contribution >= 4 is 60.9 Å². The number of aliphatic imine (C=N–C) groups is 1. The minimum absolute atomic E-state index is 0.0526. The van der Waals surface area contributed by atoms with Gasteiger partial charge in [-0.1, -0.05) is 23.8 Å². The third kappa shape index (κ3) is 5.34. The fourth-order valence-corrected chi connectivity index (χ4v) is 4.70. The number of nitrogens with zero attached hydrogens (tertiary/aromatic N) is 1. The number of nitrogens with one attached hydrogen (secondary N) is 1. The average molecular weight is 495 g/mol. The summed E-state index contributed by atoms with van der Waals surface area (Å²) in [5.74, 6) is -0.658. The van der Waals surface area contributed by atoms with Gasteiger partial charge in [-0.3, -0.25) is 9.59 Å². The van der Waals surface area contributed by atoms with Crippen molar-refractivity contribution in [3.05, 3.63) is 63.0 Å². The molecule has 2 amide bonds. The number of halogens is 1. The Labute approximate surface area is 180 Å². The fraction of sp³-hybridized carbons (Fsp3) is 0.105. The number of amidine groups is 1. The molecule has 0 saturated heterocycles. The van der Waals surface area contributed by atoms with E-state index in [-0.39, 0.29) is 21.7 Å². The Morgan fingerprint density at radius 1 is 1.21 bits per heavy atom. The van der Waals surface area contributed by atoms with Crippen LogP contribution < -0.4 is 9.50 Å². The highest BCUT2D eigenvalue weighted by Crippen LogP contribution is 2.32. The summed E-state index contributed by atoms with van der Waals surface area (Å²) in [6.07, 6.45) is 1.59. The van der Waals surface area contributed by atoms with Gasteiger partial charge in [0.1, 0.15) is 4.90 Å². The highest BCUT2D eigenvalue weighted by atomic mass is 79.9. The first kappa shape index (κ1) is 21.3. The Bertz CT molecular complexity index is 1160. The molecule has 0 fully saturated rings. The predicted molar refractivity (Wildman–Crippen MR) is 115 cm³/mol. The molecule has 0 atom stereocenters. The van der Waals surface area contributed by atoms with E-state index in [9.17, 15) is 18.0 Å². The summed E-state index contributed by atoms with van der Waals surface area (Å²) in [4.78, 5) is 27.2. The second kappa shape index (κ2) is 8.52. The highest BCUT2D eigenvalue weighted by molar-refractivity contribution is 9.10. The smallest absolute Gasteiger partial charge is 0.339 e. The first-order valence-corrected chi connectivity index (χ1v) is 11.3. The lowest BCUT2D eigenvalue weighted by atomic mass is 10.2. The third-order valence-corrected chi connectivity index (χ3v) is 6.43. The van der Waals surface area contributed by atoms with Crippen molar-refractivity contribution in [2.24, 2.45) is 4.99 Å². The molecule has 7 nitrogen and oxygen atoms in total. The summed E-state index contributed by atoms with van der Waals surface area (Å²) >= 11 is 4.34. The molecule has 0 bridgehead atoms. The maximum Gasteiger partial charge on any atom is 0.339 e. The molecule has 1 N–H and O–H groups in total. The standard InChI is InChI=1S/C19H15BrN2O5S2/c1-11-3-6-14(7-4-11)29(25,26)27-16-8-5-13(9-15(16)20)10-17-18(24)22-19(28-17)21-12(2)23/h3-10H,1-2H3,(H,21,22,23,24)/b17-10+. The van der Waals surface area contributed by atoms with Crippen LogP contribution in [0.25, 0.3) is 6.08 Å². The van der Waals surface area contributed by atoms with Crippen molar-refractivity contribution in [3.8, 4) is 5.75 Å². The van der Waals surface area contributed by atoms with E-state index in [2.05, 4.69) is 26.2 Å². The van der Waals surface area contributed by atoms with E-state index in [0.717, 1.165) is 17.3 Å². The molecule has 1 aliphatic rings. The maximum atomic E-state index is 12.4. The highest BCUT2D eigenvalue weighted by Gasteiger charge is 2.23. The lowest BCUT2D eigenvalue weighted by Gasteiger charge is -2.09. The van der Waals surface area contributed by atoms with Crippen LogP contribution in [-0.2, 0) is 19.7 Å². The molecule has 0 aromatic heterocycles. The zero-order chi connectivity index (χ0) is 21.2. The van der Waals surface area contributed by atoms with Gasteiger partial charge in [0.2, 0.25) is 5.91 Å². The summed E-state index contributed by atoms with van der Waals surface area (Å²) in [5.41, 5.74) is 1.57. The SMILES string of the molecule is CC(=O)NC1=NC(=O)/C(=C\c2ccc(OS(=O)(=O)c3ccc(C)cc3)c(Br)c2)S1. The van der Waals surface area contributed by atoms with Crippen LogP contribution in [0.15, 0.2) is 61.7 Å². The van der Waals surface area contributed by atoms with E-state index in [1.54, 1.807) is 30.3 Å². The van der Waals surface area contributed by atoms with Crippen molar-refractivity contribution in [1.29, 1.82) is 0 Å². The average Bonchev–Trinajstić information content (AvgIpc) is 2.96. The Hall–Kier alpha value is -2.43. The molecule has 29 heavy (non-hydrogen) atoms. The normalized spacial score (nSPS) is 15.3. The first-order chi connectivity index (χ1) is 13.6. The number of benzene rings is 2. The summed E-state index contributed by atoms with van der Waals surface area (Å²) in [6, 6.07) is 11.1.